The number of halogens is 6. The number of methoxy groups -OCH3 is 2. The van der Waals surface area contributed by atoms with Crippen LogP contribution in [0, 0.1) is 0 Å². The molecule has 0 radical (unpaired) electrons. The average molecular weight is 556 g/mol. The van der Waals surface area contributed by atoms with Gasteiger partial charge in [-0.3, -0.25) is 4.99 Å². The van der Waals surface area contributed by atoms with Gasteiger partial charge in [0.25, 0.3) is 0 Å². The van der Waals surface area contributed by atoms with Crippen molar-refractivity contribution in [2.24, 2.45) is 4.99 Å². The number of alkyl halides is 6. The van der Waals surface area contributed by atoms with E-state index in [-0.39, 0.29) is 0 Å². The van der Waals surface area contributed by atoms with E-state index < -0.39 is 35.4 Å². The summed E-state index contributed by atoms with van der Waals surface area (Å²) in [6.07, 6.45) is -9.03. The lowest BCUT2D eigenvalue weighted by molar-refractivity contribution is -0.138. The Morgan fingerprint density at radius 1 is 0.600 bits per heavy atom. The van der Waals surface area contributed by atoms with Crippen molar-refractivity contribution in [3.05, 3.63) is 130 Å². The van der Waals surface area contributed by atoms with Crippen LogP contribution in [-0.4, -0.2) is 19.9 Å². The maximum atomic E-state index is 13.3. The zero-order chi connectivity index (χ0) is 28.7. The van der Waals surface area contributed by atoms with E-state index in [2.05, 4.69) is 0 Å². The summed E-state index contributed by atoms with van der Waals surface area (Å²) in [7, 11) is 3.05. The lowest BCUT2D eigenvalue weighted by atomic mass is 9.76. The van der Waals surface area contributed by atoms with Crippen molar-refractivity contribution >= 4 is 5.71 Å². The second kappa shape index (κ2) is 10.4. The summed E-state index contributed by atoms with van der Waals surface area (Å²) >= 11 is 0. The normalized spacial score (nSPS) is 17.1. The van der Waals surface area contributed by atoms with Crippen LogP contribution in [0.15, 0.2) is 96.0 Å². The van der Waals surface area contributed by atoms with Crippen molar-refractivity contribution in [2.75, 3.05) is 14.2 Å². The number of fused-ring (bicyclic) bond motifs is 1. The van der Waals surface area contributed by atoms with Crippen molar-refractivity contribution in [1.29, 1.82) is 0 Å². The Morgan fingerprint density at radius 3 is 1.60 bits per heavy atom. The summed E-state index contributed by atoms with van der Waals surface area (Å²) in [4.78, 5) is 5.03. The van der Waals surface area contributed by atoms with Crippen LogP contribution in [-0.2, 0) is 12.4 Å². The topological polar surface area (TPSA) is 30.8 Å². The summed E-state index contributed by atoms with van der Waals surface area (Å²) in [6.45, 7) is 0. The monoisotopic (exact) mass is 555 g/mol. The number of hydrogen-bond donors (Lipinski definition) is 0. The van der Waals surface area contributed by atoms with Gasteiger partial charge in [-0.2, -0.15) is 26.3 Å². The maximum absolute atomic E-state index is 13.3. The zero-order valence-electron chi connectivity index (χ0n) is 21.3. The van der Waals surface area contributed by atoms with Gasteiger partial charge in [-0.15, -0.1) is 0 Å². The first-order chi connectivity index (χ1) is 19.0. The van der Waals surface area contributed by atoms with Gasteiger partial charge in [-0.25, -0.2) is 0 Å². The van der Waals surface area contributed by atoms with Gasteiger partial charge in [0.2, 0.25) is 0 Å². The first-order valence-electron chi connectivity index (χ1n) is 12.2. The quantitative estimate of drug-likeness (QED) is 0.231. The molecule has 0 aromatic heterocycles. The van der Waals surface area contributed by atoms with Gasteiger partial charge < -0.3 is 9.47 Å². The number of benzene rings is 4. The fourth-order valence-electron chi connectivity index (χ4n) is 4.95. The van der Waals surface area contributed by atoms with Crippen molar-refractivity contribution in [3.63, 3.8) is 0 Å². The molecule has 206 valence electrons. The third kappa shape index (κ3) is 5.28. The molecule has 0 amide bonds. The lowest BCUT2D eigenvalue weighted by Crippen LogP contribution is -2.23. The number of hydrogen-bond acceptors (Lipinski definition) is 3. The summed E-state index contributed by atoms with van der Waals surface area (Å²) in [6, 6.07) is 21.3. The molecule has 4 aromatic carbocycles. The van der Waals surface area contributed by atoms with Crippen molar-refractivity contribution in [1.82, 2.24) is 0 Å². The molecule has 0 unspecified atom stereocenters. The molecule has 0 spiro atoms. The van der Waals surface area contributed by atoms with E-state index in [0.717, 1.165) is 41.0 Å². The van der Waals surface area contributed by atoms with Crippen LogP contribution in [0.25, 0.3) is 0 Å². The molecule has 1 aliphatic rings. The standard InChI is InChI=1S/C31H23F6NO2/c1-39-23-13-7-19(8-14-23)28-25-16-15-24(40-2)17-26(25)27(18-3-9-21(10-4-18)30(32,33)34)29(38-28)20-5-11-22(12-6-20)31(35,36)37/h3-17,27,29H,1-2H3/t27-,29-/m0/s1. The summed E-state index contributed by atoms with van der Waals surface area (Å²) in [5.74, 6) is 0.556. The van der Waals surface area contributed by atoms with Gasteiger partial charge in [-0.05, 0) is 83.4 Å². The number of rotatable bonds is 5. The Balaban J connectivity index is 1.73. The van der Waals surface area contributed by atoms with Crippen LogP contribution in [0.5, 0.6) is 11.5 Å². The largest absolute Gasteiger partial charge is 0.497 e. The van der Waals surface area contributed by atoms with E-state index in [1.54, 1.807) is 31.4 Å². The fourth-order valence-corrected chi connectivity index (χ4v) is 4.95. The van der Waals surface area contributed by atoms with E-state index in [9.17, 15) is 26.3 Å². The first kappa shape index (κ1) is 27.3. The van der Waals surface area contributed by atoms with Crippen LogP contribution in [0.3, 0.4) is 0 Å². The van der Waals surface area contributed by atoms with Crippen molar-refractivity contribution in [2.45, 2.75) is 24.3 Å². The molecular formula is C31H23F6NO2. The molecule has 0 fully saturated rings. The van der Waals surface area contributed by atoms with Gasteiger partial charge in [0.15, 0.2) is 0 Å². The highest BCUT2D eigenvalue weighted by Gasteiger charge is 2.37. The molecule has 4 aromatic rings. The maximum Gasteiger partial charge on any atom is 0.416 e. The van der Waals surface area contributed by atoms with Gasteiger partial charge in [0.05, 0.1) is 37.1 Å². The number of aliphatic imine (C=N–C) groups is 1. The third-order valence-electron chi connectivity index (χ3n) is 6.97. The van der Waals surface area contributed by atoms with Crippen molar-refractivity contribution in [3.8, 4) is 11.5 Å². The minimum atomic E-state index is -4.52. The van der Waals surface area contributed by atoms with E-state index in [4.69, 9.17) is 14.5 Å². The van der Waals surface area contributed by atoms with Gasteiger partial charge in [-0.1, -0.05) is 24.3 Å². The van der Waals surface area contributed by atoms with Crippen LogP contribution >= 0.6 is 0 Å². The third-order valence-corrected chi connectivity index (χ3v) is 6.97. The minimum Gasteiger partial charge on any atom is -0.497 e. The Kier molecular flexibility index (Phi) is 7.08. The predicted molar refractivity (Wildman–Crippen MR) is 139 cm³/mol. The minimum absolute atomic E-state index is 0.484. The molecule has 40 heavy (non-hydrogen) atoms. The molecule has 0 saturated heterocycles. The Bertz CT molecular complexity index is 1520. The highest BCUT2D eigenvalue weighted by Crippen LogP contribution is 2.47. The summed E-state index contributed by atoms with van der Waals surface area (Å²) < 4.78 is 90.7. The predicted octanol–water partition coefficient (Wildman–Crippen LogP) is 8.47. The zero-order valence-corrected chi connectivity index (χ0v) is 21.3. The van der Waals surface area contributed by atoms with Crippen molar-refractivity contribution < 1.29 is 35.8 Å². The van der Waals surface area contributed by atoms with E-state index in [0.29, 0.717) is 28.3 Å². The molecule has 1 heterocycles. The Hall–Kier alpha value is -4.27. The highest BCUT2D eigenvalue weighted by atomic mass is 19.4. The average Bonchev–Trinajstić information content (AvgIpc) is 2.95. The van der Waals surface area contributed by atoms with Gasteiger partial charge in [0.1, 0.15) is 11.5 Å². The molecular weight excluding hydrogens is 532 g/mol. The fraction of sp³-hybridized carbons (Fsp3) is 0.194. The first-order valence-corrected chi connectivity index (χ1v) is 12.2. The van der Waals surface area contributed by atoms with Gasteiger partial charge >= 0.3 is 12.4 Å². The number of nitrogens with zero attached hydrogens (tertiary/aromatic N) is 1. The molecule has 2 atom stereocenters. The molecule has 0 saturated carbocycles. The second-order valence-corrected chi connectivity index (χ2v) is 9.32. The molecule has 5 rings (SSSR count). The van der Waals surface area contributed by atoms with E-state index >= 15 is 0 Å². The van der Waals surface area contributed by atoms with Gasteiger partial charge in [0, 0.05) is 17.0 Å². The molecule has 9 heteroatoms. The molecule has 1 aliphatic heterocycles. The van der Waals surface area contributed by atoms with E-state index in [1.807, 2.05) is 18.2 Å². The summed E-state index contributed by atoms with van der Waals surface area (Å²) in [5.41, 5.74) is 2.21. The lowest BCUT2D eigenvalue weighted by Gasteiger charge is -2.33. The van der Waals surface area contributed by atoms with E-state index in [1.165, 1.54) is 31.4 Å². The molecule has 0 bridgehead atoms. The number of ether oxygens (including phenoxy) is 2. The van der Waals surface area contributed by atoms with Crippen LogP contribution in [0.1, 0.15) is 50.9 Å². The molecule has 0 aliphatic carbocycles. The smallest absolute Gasteiger partial charge is 0.416 e. The van der Waals surface area contributed by atoms with Crippen LogP contribution < -0.4 is 9.47 Å². The summed E-state index contributed by atoms with van der Waals surface area (Å²) in [5, 5.41) is 0. The van der Waals surface area contributed by atoms with Crippen LogP contribution in [0.4, 0.5) is 26.3 Å². The Labute approximate surface area is 226 Å². The highest BCUT2D eigenvalue weighted by molar-refractivity contribution is 6.15. The molecule has 3 nitrogen and oxygen atoms in total. The second-order valence-electron chi connectivity index (χ2n) is 9.32. The molecule has 0 N–H and O–H groups in total. The Morgan fingerprint density at radius 2 is 1.10 bits per heavy atom. The van der Waals surface area contributed by atoms with Crippen LogP contribution in [0.2, 0.25) is 0 Å². The SMILES string of the molecule is COc1ccc(C2=N[C@@H](c3ccc(C(F)(F)F)cc3)[C@@H](c3ccc(C(F)(F)F)cc3)c3cc(OC)ccc32)cc1.